The maximum atomic E-state index is 12.0. The number of nitrogens with one attached hydrogen (secondary N) is 1. The molecular weight excluding hydrogens is 310 g/mol. The third-order valence-corrected chi connectivity index (χ3v) is 3.99. The van der Waals surface area contributed by atoms with Crippen LogP contribution in [0.2, 0.25) is 0 Å². The summed E-state index contributed by atoms with van der Waals surface area (Å²) in [6.07, 6.45) is 3.93. The van der Waals surface area contributed by atoms with Crippen molar-refractivity contribution in [2.24, 2.45) is 5.92 Å². The van der Waals surface area contributed by atoms with Crippen molar-refractivity contribution in [3.05, 3.63) is 21.0 Å². The van der Waals surface area contributed by atoms with Gasteiger partial charge in [-0.3, -0.25) is 4.79 Å². The Morgan fingerprint density at radius 3 is 2.74 bits per heavy atom. The van der Waals surface area contributed by atoms with Crippen LogP contribution in [0.3, 0.4) is 0 Å². The Morgan fingerprint density at radius 1 is 1.47 bits per heavy atom. The lowest BCUT2D eigenvalue weighted by molar-refractivity contribution is 0.181. The monoisotopic (exact) mass is 331 g/mol. The lowest BCUT2D eigenvalue weighted by atomic mass is 10.0. The summed E-state index contributed by atoms with van der Waals surface area (Å²) < 4.78 is 6.88. The summed E-state index contributed by atoms with van der Waals surface area (Å²) in [6, 6.07) is 0. The van der Waals surface area contributed by atoms with Gasteiger partial charge in [-0.2, -0.15) is 5.10 Å². The molecule has 1 N–H and O–H groups in total. The first-order valence-corrected chi connectivity index (χ1v) is 7.41. The van der Waals surface area contributed by atoms with Crippen LogP contribution in [-0.2, 0) is 11.3 Å². The van der Waals surface area contributed by atoms with Crippen molar-refractivity contribution in [1.29, 1.82) is 0 Å². The molecule has 0 spiro atoms. The van der Waals surface area contributed by atoms with Gasteiger partial charge in [0.1, 0.15) is 4.47 Å². The van der Waals surface area contributed by atoms with Gasteiger partial charge < -0.3 is 10.1 Å². The zero-order valence-electron chi connectivity index (χ0n) is 11.8. The number of ether oxygens (including phenoxy) is 1. The minimum Gasteiger partial charge on any atom is -0.383 e. The number of methoxy groups -OCH3 is 1. The maximum absolute atomic E-state index is 12.0. The van der Waals surface area contributed by atoms with Crippen LogP contribution in [0, 0.1) is 5.92 Å². The molecule has 0 unspecified atom stereocenters. The topological polar surface area (TPSA) is 56.1 Å². The van der Waals surface area contributed by atoms with E-state index >= 15 is 0 Å². The fourth-order valence-electron chi connectivity index (χ4n) is 1.76. The Bertz CT molecular complexity index is 444. The predicted octanol–water partition coefficient (Wildman–Crippen LogP) is 2.50. The molecule has 0 fully saturated rings. The minimum absolute atomic E-state index is 0.133. The highest BCUT2D eigenvalue weighted by molar-refractivity contribution is 9.10. The van der Waals surface area contributed by atoms with Crippen LogP contribution in [0.15, 0.2) is 15.5 Å². The van der Waals surface area contributed by atoms with Gasteiger partial charge in [0, 0.05) is 13.7 Å². The van der Waals surface area contributed by atoms with Crippen molar-refractivity contribution in [2.75, 3.05) is 25.6 Å². The van der Waals surface area contributed by atoms with Crippen LogP contribution in [0.4, 0.5) is 5.69 Å². The highest BCUT2D eigenvalue weighted by Gasteiger charge is 2.10. The average molecular weight is 332 g/mol. The van der Waals surface area contributed by atoms with E-state index in [4.69, 9.17) is 4.74 Å². The van der Waals surface area contributed by atoms with Gasteiger partial charge in [-0.05, 0) is 21.8 Å². The van der Waals surface area contributed by atoms with E-state index in [0.717, 1.165) is 25.1 Å². The smallest absolute Gasteiger partial charge is 0.283 e. The van der Waals surface area contributed by atoms with Gasteiger partial charge in [0.05, 0.1) is 25.0 Å². The van der Waals surface area contributed by atoms with Crippen LogP contribution >= 0.6 is 15.9 Å². The van der Waals surface area contributed by atoms with Gasteiger partial charge in [0.25, 0.3) is 5.56 Å². The molecule has 0 radical (unpaired) electrons. The third kappa shape index (κ3) is 4.62. The van der Waals surface area contributed by atoms with Crippen molar-refractivity contribution in [3.63, 3.8) is 0 Å². The van der Waals surface area contributed by atoms with Gasteiger partial charge >= 0.3 is 0 Å². The SMILES string of the molecule is CCC(CC)CNc1cnn(CCOC)c(=O)c1Br. The summed E-state index contributed by atoms with van der Waals surface area (Å²) in [7, 11) is 1.60. The second-order valence-corrected chi connectivity index (χ2v) is 5.25. The summed E-state index contributed by atoms with van der Waals surface area (Å²) in [5.74, 6) is 0.614. The minimum atomic E-state index is -0.133. The Kier molecular flexibility index (Phi) is 7.09. The maximum Gasteiger partial charge on any atom is 0.283 e. The number of hydrogen-bond acceptors (Lipinski definition) is 4. The normalized spacial score (nSPS) is 11.0. The molecule has 1 heterocycles. The molecule has 0 amide bonds. The standard InChI is InChI=1S/C13H22BrN3O2/c1-4-10(5-2)8-15-11-9-16-17(6-7-19-3)13(18)12(11)14/h9-10,15H,4-8H2,1-3H3. The lowest BCUT2D eigenvalue weighted by Gasteiger charge is -2.15. The van der Waals surface area contributed by atoms with Crippen molar-refractivity contribution >= 4 is 21.6 Å². The van der Waals surface area contributed by atoms with Gasteiger partial charge in [0.2, 0.25) is 0 Å². The van der Waals surface area contributed by atoms with Crippen LogP contribution in [0.25, 0.3) is 0 Å². The van der Waals surface area contributed by atoms with E-state index in [0.29, 0.717) is 23.5 Å². The molecule has 6 heteroatoms. The molecule has 0 aliphatic rings. The van der Waals surface area contributed by atoms with Gasteiger partial charge in [0.15, 0.2) is 0 Å². The molecule has 0 bridgehead atoms. The number of anilines is 1. The van der Waals surface area contributed by atoms with Gasteiger partial charge in [-0.25, -0.2) is 4.68 Å². The van der Waals surface area contributed by atoms with Crippen molar-refractivity contribution in [1.82, 2.24) is 9.78 Å². The van der Waals surface area contributed by atoms with E-state index in [1.165, 1.54) is 4.68 Å². The summed E-state index contributed by atoms with van der Waals surface area (Å²) in [4.78, 5) is 12.0. The second-order valence-electron chi connectivity index (χ2n) is 4.46. The molecule has 0 aromatic carbocycles. The summed E-state index contributed by atoms with van der Waals surface area (Å²) in [5, 5.41) is 7.42. The number of hydrogen-bond donors (Lipinski definition) is 1. The highest BCUT2D eigenvalue weighted by atomic mass is 79.9. The molecule has 0 saturated heterocycles. The molecule has 1 aromatic rings. The van der Waals surface area contributed by atoms with Crippen molar-refractivity contribution in [2.45, 2.75) is 33.2 Å². The van der Waals surface area contributed by atoms with E-state index in [2.05, 4.69) is 40.2 Å². The van der Waals surface area contributed by atoms with Crippen LogP contribution < -0.4 is 10.9 Å². The molecule has 0 aliphatic heterocycles. The third-order valence-electron chi connectivity index (χ3n) is 3.23. The molecule has 0 saturated carbocycles. The Hall–Kier alpha value is -0.880. The molecule has 108 valence electrons. The molecule has 19 heavy (non-hydrogen) atoms. The first-order valence-electron chi connectivity index (χ1n) is 6.62. The predicted molar refractivity (Wildman–Crippen MR) is 80.6 cm³/mol. The van der Waals surface area contributed by atoms with E-state index in [1.807, 2.05) is 0 Å². The van der Waals surface area contributed by atoms with E-state index in [1.54, 1.807) is 13.3 Å². The first kappa shape index (κ1) is 16.2. The quantitative estimate of drug-likeness (QED) is 0.795. The van der Waals surface area contributed by atoms with Gasteiger partial charge in [-0.1, -0.05) is 26.7 Å². The molecule has 5 nitrogen and oxygen atoms in total. The number of nitrogens with zero attached hydrogens (tertiary/aromatic N) is 2. The molecule has 1 aromatic heterocycles. The van der Waals surface area contributed by atoms with Crippen LogP contribution in [-0.4, -0.2) is 30.0 Å². The zero-order valence-corrected chi connectivity index (χ0v) is 13.4. The Labute approximate surface area is 122 Å². The molecule has 1 rings (SSSR count). The van der Waals surface area contributed by atoms with E-state index in [-0.39, 0.29) is 5.56 Å². The van der Waals surface area contributed by atoms with Crippen molar-refractivity contribution in [3.8, 4) is 0 Å². The average Bonchev–Trinajstić information content (AvgIpc) is 2.43. The zero-order chi connectivity index (χ0) is 14.3. The van der Waals surface area contributed by atoms with E-state index < -0.39 is 0 Å². The number of aromatic nitrogens is 2. The molecule has 0 atom stereocenters. The highest BCUT2D eigenvalue weighted by Crippen LogP contribution is 2.17. The van der Waals surface area contributed by atoms with E-state index in [9.17, 15) is 4.79 Å². The van der Waals surface area contributed by atoms with Gasteiger partial charge in [-0.15, -0.1) is 0 Å². The Balaban J connectivity index is 2.76. The summed E-state index contributed by atoms with van der Waals surface area (Å²) in [6.45, 7) is 6.13. The molecular formula is C13H22BrN3O2. The van der Waals surface area contributed by atoms with Crippen LogP contribution in [0.5, 0.6) is 0 Å². The number of halogens is 1. The Morgan fingerprint density at radius 2 is 2.16 bits per heavy atom. The first-order chi connectivity index (χ1) is 9.13. The summed E-state index contributed by atoms with van der Waals surface area (Å²) in [5.41, 5.74) is 0.622. The van der Waals surface area contributed by atoms with Crippen LogP contribution in [0.1, 0.15) is 26.7 Å². The fourth-order valence-corrected chi connectivity index (χ4v) is 2.20. The van der Waals surface area contributed by atoms with Crippen molar-refractivity contribution < 1.29 is 4.74 Å². The molecule has 0 aliphatic carbocycles. The lowest BCUT2D eigenvalue weighted by Crippen LogP contribution is -2.26. The largest absolute Gasteiger partial charge is 0.383 e. The second kappa shape index (κ2) is 8.32. The summed E-state index contributed by atoms with van der Waals surface area (Å²) >= 11 is 3.34. The number of rotatable bonds is 8. The fraction of sp³-hybridized carbons (Fsp3) is 0.692.